The Hall–Kier alpha value is -1.74. The van der Waals surface area contributed by atoms with Gasteiger partial charge in [-0.1, -0.05) is 44.2 Å². The Bertz CT molecular complexity index is 449. The van der Waals surface area contributed by atoms with Crippen molar-refractivity contribution in [2.24, 2.45) is 0 Å². The Labute approximate surface area is 102 Å². The molecule has 1 aromatic heterocycles. The van der Waals surface area contributed by atoms with E-state index in [4.69, 9.17) is 0 Å². The topological polar surface area (TPSA) is 37.8 Å². The molecule has 0 atom stereocenters. The van der Waals surface area contributed by atoms with Crippen molar-refractivity contribution in [1.82, 2.24) is 15.3 Å². The van der Waals surface area contributed by atoms with E-state index in [1.165, 1.54) is 0 Å². The van der Waals surface area contributed by atoms with Gasteiger partial charge < -0.3 is 5.32 Å². The third-order valence-electron chi connectivity index (χ3n) is 2.45. The van der Waals surface area contributed by atoms with Crippen molar-refractivity contribution in [3.63, 3.8) is 0 Å². The Morgan fingerprint density at radius 3 is 2.29 bits per heavy atom. The lowest BCUT2D eigenvalue weighted by Gasteiger charge is -2.07. The minimum atomic E-state index is 0.476. The summed E-state index contributed by atoms with van der Waals surface area (Å²) in [5, 5.41) is 3.34. The van der Waals surface area contributed by atoms with E-state index in [9.17, 15) is 0 Å². The normalized spacial score (nSPS) is 10.8. The van der Waals surface area contributed by atoms with Gasteiger partial charge >= 0.3 is 0 Å². The van der Waals surface area contributed by atoms with Gasteiger partial charge in [-0.3, -0.25) is 0 Å². The number of nitrogens with one attached hydrogen (secondary N) is 1. The van der Waals surface area contributed by atoms with Crippen molar-refractivity contribution in [2.45, 2.75) is 26.4 Å². The molecular formula is C14H17N3. The summed E-state index contributed by atoms with van der Waals surface area (Å²) < 4.78 is 0. The monoisotopic (exact) mass is 227 g/mol. The summed E-state index contributed by atoms with van der Waals surface area (Å²) >= 11 is 0. The molecule has 0 saturated heterocycles. The molecule has 0 spiro atoms. The van der Waals surface area contributed by atoms with Crippen LogP contribution >= 0.6 is 0 Å². The molecule has 3 heteroatoms. The molecule has 0 unspecified atom stereocenters. The predicted octanol–water partition coefficient (Wildman–Crippen LogP) is 2.64. The zero-order valence-corrected chi connectivity index (χ0v) is 10.2. The number of aromatic nitrogens is 2. The maximum absolute atomic E-state index is 4.38. The number of hydrogen-bond donors (Lipinski definition) is 1. The van der Waals surface area contributed by atoms with Gasteiger partial charge in [-0.2, -0.15) is 0 Å². The zero-order valence-electron chi connectivity index (χ0n) is 10.2. The molecule has 17 heavy (non-hydrogen) atoms. The van der Waals surface area contributed by atoms with Gasteiger partial charge in [-0.05, 0) is 0 Å². The molecule has 2 aromatic rings. The third kappa shape index (κ3) is 3.36. The molecule has 0 saturated carbocycles. The van der Waals surface area contributed by atoms with Gasteiger partial charge in [0.2, 0.25) is 0 Å². The highest BCUT2D eigenvalue weighted by Gasteiger charge is 2.00. The molecule has 0 bridgehead atoms. The quantitative estimate of drug-likeness (QED) is 0.872. The molecule has 1 aromatic carbocycles. The summed E-state index contributed by atoms with van der Waals surface area (Å²) in [7, 11) is 0. The number of benzene rings is 1. The lowest BCUT2D eigenvalue weighted by molar-refractivity contribution is 0.587. The summed E-state index contributed by atoms with van der Waals surface area (Å²) in [6.45, 7) is 5.06. The molecular weight excluding hydrogens is 210 g/mol. The van der Waals surface area contributed by atoms with E-state index in [2.05, 4.69) is 29.1 Å². The average molecular weight is 227 g/mol. The Balaban J connectivity index is 2.08. The van der Waals surface area contributed by atoms with Gasteiger partial charge in [0.15, 0.2) is 5.82 Å². The second kappa shape index (κ2) is 5.55. The predicted molar refractivity (Wildman–Crippen MR) is 69.4 cm³/mol. The van der Waals surface area contributed by atoms with E-state index in [0.29, 0.717) is 6.04 Å². The number of nitrogens with zero attached hydrogens (tertiary/aromatic N) is 2. The Kier molecular flexibility index (Phi) is 3.83. The summed E-state index contributed by atoms with van der Waals surface area (Å²) in [6.07, 6.45) is 3.76. The maximum atomic E-state index is 4.38. The van der Waals surface area contributed by atoms with E-state index in [-0.39, 0.29) is 0 Å². The summed E-state index contributed by atoms with van der Waals surface area (Å²) in [5.74, 6) is 0.777. The summed E-state index contributed by atoms with van der Waals surface area (Å²) in [6, 6.07) is 10.5. The lowest BCUT2D eigenvalue weighted by Crippen LogP contribution is -2.21. The first kappa shape index (κ1) is 11.7. The number of rotatable bonds is 4. The maximum Gasteiger partial charge on any atom is 0.159 e. The molecule has 1 heterocycles. The molecule has 0 fully saturated rings. The van der Waals surface area contributed by atoms with Crippen molar-refractivity contribution in [3.8, 4) is 11.4 Å². The van der Waals surface area contributed by atoms with Crippen LogP contribution in [0.5, 0.6) is 0 Å². The summed E-state index contributed by atoms with van der Waals surface area (Å²) in [5.41, 5.74) is 2.16. The largest absolute Gasteiger partial charge is 0.310 e. The van der Waals surface area contributed by atoms with Crippen LogP contribution < -0.4 is 5.32 Å². The van der Waals surface area contributed by atoms with Gasteiger partial charge in [0.25, 0.3) is 0 Å². The van der Waals surface area contributed by atoms with Crippen LogP contribution in [0.3, 0.4) is 0 Å². The first-order chi connectivity index (χ1) is 8.25. The van der Waals surface area contributed by atoms with Crippen LogP contribution in [0.25, 0.3) is 11.4 Å². The van der Waals surface area contributed by atoms with E-state index in [1.54, 1.807) is 0 Å². The minimum absolute atomic E-state index is 0.476. The second-order valence-electron chi connectivity index (χ2n) is 4.32. The molecule has 0 radical (unpaired) electrons. The van der Waals surface area contributed by atoms with Gasteiger partial charge in [0.05, 0.1) is 0 Å². The van der Waals surface area contributed by atoms with Crippen LogP contribution in [0.15, 0.2) is 42.7 Å². The lowest BCUT2D eigenvalue weighted by atomic mass is 10.2. The fourth-order valence-electron chi connectivity index (χ4n) is 1.50. The second-order valence-corrected chi connectivity index (χ2v) is 4.32. The van der Waals surface area contributed by atoms with Crippen molar-refractivity contribution in [3.05, 3.63) is 48.3 Å². The third-order valence-corrected chi connectivity index (χ3v) is 2.45. The molecule has 0 amide bonds. The highest BCUT2D eigenvalue weighted by atomic mass is 14.9. The van der Waals surface area contributed by atoms with Crippen molar-refractivity contribution < 1.29 is 0 Å². The molecule has 2 rings (SSSR count). The number of hydrogen-bond acceptors (Lipinski definition) is 3. The molecule has 0 aliphatic carbocycles. The minimum Gasteiger partial charge on any atom is -0.310 e. The Morgan fingerprint density at radius 1 is 1.06 bits per heavy atom. The van der Waals surface area contributed by atoms with Crippen LogP contribution in [0.1, 0.15) is 19.4 Å². The summed E-state index contributed by atoms with van der Waals surface area (Å²) in [4.78, 5) is 8.75. The first-order valence-electron chi connectivity index (χ1n) is 5.85. The van der Waals surface area contributed by atoms with E-state index in [1.807, 2.05) is 42.7 Å². The Morgan fingerprint density at radius 2 is 1.71 bits per heavy atom. The smallest absolute Gasteiger partial charge is 0.159 e. The zero-order chi connectivity index (χ0) is 12.1. The molecule has 0 aliphatic rings. The van der Waals surface area contributed by atoms with E-state index >= 15 is 0 Å². The van der Waals surface area contributed by atoms with Crippen molar-refractivity contribution in [2.75, 3.05) is 0 Å². The molecule has 88 valence electrons. The van der Waals surface area contributed by atoms with Crippen LogP contribution in [0.4, 0.5) is 0 Å². The van der Waals surface area contributed by atoms with Crippen molar-refractivity contribution in [1.29, 1.82) is 0 Å². The fraction of sp³-hybridized carbons (Fsp3) is 0.286. The van der Waals surface area contributed by atoms with Crippen LogP contribution in [0, 0.1) is 0 Å². The fourth-order valence-corrected chi connectivity index (χ4v) is 1.50. The highest BCUT2D eigenvalue weighted by Crippen LogP contribution is 2.12. The van der Waals surface area contributed by atoms with Crippen molar-refractivity contribution >= 4 is 0 Å². The van der Waals surface area contributed by atoms with Gasteiger partial charge in [-0.15, -0.1) is 0 Å². The standard InChI is InChI=1S/C14H17N3/c1-11(2)15-8-12-9-16-14(17-10-12)13-6-4-3-5-7-13/h3-7,9-11,15H,8H2,1-2H3. The van der Waals surface area contributed by atoms with E-state index < -0.39 is 0 Å². The highest BCUT2D eigenvalue weighted by molar-refractivity contribution is 5.53. The SMILES string of the molecule is CC(C)NCc1cnc(-c2ccccc2)nc1. The van der Waals surface area contributed by atoms with Gasteiger partial charge in [0.1, 0.15) is 0 Å². The van der Waals surface area contributed by atoms with Gasteiger partial charge in [-0.25, -0.2) is 9.97 Å². The molecule has 3 nitrogen and oxygen atoms in total. The average Bonchev–Trinajstić information content (AvgIpc) is 2.38. The van der Waals surface area contributed by atoms with Crippen LogP contribution in [-0.2, 0) is 6.54 Å². The first-order valence-corrected chi connectivity index (χ1v) is 5.85. The molecule has 1 N–H and O–H groups in total. The van der Waals surface area contributed by atoms with Crippen LogP contribution in [0.2, 0.25) is 0 Å². The van der Waals surface area contributed by atoms with Gasteiger partial charge in [0, 0.05) is 36.1 Å². The molecule has 0 aliphatic heterocycles. The van der Waals surface area contributed by atoms with E-state index in [0.717, 1.165) is 23.5 Å². The van der Waals surface area contributed by atoms with Crippen LogP contribution in [-0.4, -0.2) is 16.0 Å².